The Bertz CT molecular complexity index is 1160. The molecule has 2 unspecified atom stereocenters. The number of anilines is 1. The molecule has 232 valence electrons. The van der Waals surface area contributed by atoms with Crippen LogP contribution in [0, 0.1) is 17.8 Å². The number of benzene rings is 1. The summed E-state index contributed by atoms with van der Waals surface area (Å²) in [6, 6.07) is 8.36. The van der Waals surface area contributed by atoms with E-state index in [4.69, 9.17) is 9.72 Å². The predicted octanol–water partition coefficient (Wildman–Crippen LogP) is 5.66. The van der Waals surface area contributed by atoms with E-state index in [0.29, 0.717) is 56.3 Å². The van der Waals surface area contributed by atoms with Gasteiger partial charge >= 0.3 is 0 Å². The first-order valence-electron chi connectivity index (χ1n) is 15.7. The molecule has 2 aliphatic rings. The summed E-state index contributed by atoms with van der Waals surface area (Å²) >= 11 is 0. The zero-order valence-corrected chi connectivity index (χ0v) is 27.0. The van der Waals surface area contributed by atoms with Gasteiger partial charge in [0.1, 0.15) is 11.6 Å². The maximum Gasteiger partial charge on any atom is 0.227 e. The van der Waals surface area contributed by atoms with Crippen molar-refractivity contribution in [3.8, 4) is 0 Å². The lowest BCUT2D eigenvalue weighted by atomic mass is 9.85. The number of carbonyl (C=O) groups excluding carboxylic acids is 2. The van der Waals surface area contributed by atoms with Crippen LogP contribution in [-0.4, -0.2) is 66.5 Å². The van der Waals surface area contributed by atoms with E-state index in [9.17, 15) is 9.59 Å². The molecule has 0 saturated carbocycles. The largest absolute Gasteiger partial charge is 0.385 e. The SMILES string of the molecule is CCC(C)C.COCCCNc1nc(C(C)(C)C)ncc1C(=O)CC1CNCC(C(=O)N2CCc3ccccc3C2)C1. The Morgan fingerprint density at radius 1 is 1.17 bits per heavy atom. The monoisotopic (exact) mass is 579 g/mol. The average Bonchev–Trinajstić information content (AvgIpc) is 2.98. The van der Waals surface area contributed by atoms with Gasteiger partial charge in [-0.25, -0.2) is 9.97 Å². The van der Waals surface area contributed by atoms with Crippen LogP contribution in [0.25, 0.3) is 0 Å². The second-order valence-corrected chi connectivity index (χ2v) is 13.1. The number of aromatic nitrogens is 2. The number of ether oxygens (including phenoxy) is 1. The Kier molecular flexibility index (Phi) is 12.9. The Morgan fingerprint density at radius 2 is 1.88 bits per heavy atom. The molecule has 0 spiro atoms. The fraction of sp³-hybridized carbons (Fsp3) is 0.647. The van der Waals surface area contributed by atoms with E-state index in [2.05, 4.69) is 75.4 Å². The van der Waals surface area contributed by atoms with E-state index < -0.39 is 0 Å². The third kappa shape index (κ3) is 9.87. The molecule has 3 heterocycles. The molecule has 8 heteroatoms. The third-order valence-electron chi connectivity index (χ3n) is 8.10. The Hall–Kier alpha value is -2.84. The zero-order valence-electron chi connectivity index (χ0n) is 27.0. The summed E-state index contributed by atoms with van der Waals surface area (Å²) in [5.74, 6) is 2.36. The summed E-state index contributed by atoms with van der Waals surface area (Å²) in [5.41, 5.74) is 2.87. The van der Waals surface area contributed by atoms with Crippen molar-refractivity contribution in [3.63, 3.8) is 0 Å². The molecule has 42 heavy (non-hydrogen) atoms. The molecular formula is C34H53N5O3. The van der Waals surface area contributed by atoms with E-state index in [0.717, 1.165) is 31.8 Å². The van der Waals surface area contributed by atoms with Gasteiger partial charge in [0.15, 0.2) is 5.78 Å². The predicted molar refractivity (Wildman–Crippen MR) is 170 cm³/mol. The van der Waals surface area contributed by atoms with E-state index in [1.807, 2.05) is 11.0 Å². The van der Waals surface area contributed by atoms with Gasteiger partial charge in [-0.2, -0.15) is 0 Å². The van der Waals surface area contributed by atoms with Crippen molar-refractivity contribution in [2.24, 2.45) is 17.8 Å². The number of piperidine rings is 1. The van der Waals surface area contributed by atoms with Crippen LogP contribution in [0.1, 0.15) is 94.5 Å². The highest BCUT2D eigenvalue weighted by Gasteiger charge is 2.33. The molecular weight excluding hydrogens is 526 g/mol. The van der Waals surface area contributed by atoms with Gasteiger partial charge in [-0.3, -0.25) is 9.59 Å². The first-order valence-corrected chi connectivity index (χ1v) is 15.7. The van der Waals surface area contributed by atoms with Crippen LogP contribution in [-0.2, 0) is 27.9 Å². The smallest absolute Gasteiger partial charge is 0.227 e. The van der Waals surface area contributed by atoms with Crippen LogP contribution in [0.2, 0.25) is 0 Å². The van der Waals surface area contributed by atoms with Gasteiger partial charge in [-0.05, 0) is 48.8 Å². The van der Waals surface area contributed by atoms with Gasteiger partial charge in [0.25, 0.3) is 0 Å². The highest BCUT2D eigenvalue weighted by atomic mass is 16.5. The Morgan fingerprint density at radius 3 is 2.55 bits per heavy atom. The zero-order chi connectivity index (χ0) is 30.7. The van der Waals surface area contributed by atoms with Crippen molar-refractivity contribution in [2.45, 2.75) is 85.6 Å². The molecule has 1 aromatic heterocycles. The number of amides is 1. The summed E-state index contributed by atoms with van der Waals surface area (Å²) < 4.78 is 5.15. The summed E-state index contributed by atoms with van der Waals surface area (Å²) in [4.78, 5) is 38.0. The Balaban J connectivity index is 0.000000892. The van der Waals surface area contributed by atoms with Gasteiger partial charge in [0, 0.05) is 57.9 Å². The lowest BCUT2D eigenvalue weighted by Gasteiger charge is -2.35. The number of nitrogens with one attached hydrogen (secondary N) is 2. The third-order valence-corrected chi connectivity index (χ3v) is 8.10. The molecule has 0 bridgehead atoms. The second-order valence-electron chi connectivity index (χ2n) is 13.1. The first kappa shape index (κ1) is 33.7. The van der Waals surface area contributed by atoms with Gasteiger partial charge in [0.05, 0.1) is 11.5 Å². The van der Waals surface area contributed by atoms with E-state index >= 15 is 0 Å². The van der Waals surface area contributed by atoms with E-state index in [1.165, 1.54) is 17.5 Å². The summed E-state index contributed by atoms with van der Waals surface area (Å²) in [5, 5.41) is 6.74. The van der Waals surface area contributed by atoms with Crippen molar-refractivity contribution in [1.82, 2.24) is 20.2 Å². The second kappa shape index (κ2) is 16.1. The molecule has 1 fully saturated rings. The molecule has 1 amide bonds. The molecule has 2 aliphatic heterocycles. The van der Waals surface area contributed by atoms with E-state index in [-0.39, 0.29) is 28.9 Å². The van der Waals surface area contributed by atoms with Crippen LogP contribution in [0.15, 0.2) is 30.5 Å². The molecule has 4 rings (SSSR count). The van der Waals surface area contributed by atoms with Crippen LogP contribution >= 0.6 is 0 Å². The minimum Gasteiger partial charge on any atom is -0.385 e. The van der Waals surface area contributed by atoms with Gasteiger partial charge < -0.3 is 20.3 Å². The standard InChI is InChI=1S/C29H41N5O3.C5H12/c1-29(2,3)28-32-18-24(26(33-28)31-11-7-13-37-4)25(35)15-20-14-23(17-30-16-20)27(36)34-12-10-21-8-5-6-9-22(21)19-34;1-4-5(2)3/h5-6,8-9,18,20,23,30H,7,10-17,19H2,1-4H3,(H,31,32,33);5H,4H2,1-3H3. The Labute approximate surface area is 253 Å². The molecule has 2 atom stereocenters. The molecule has 2 aromatic rings. The van der Waals surface area contributed by atoms with Crippen LogP contribution in [0.3, 0.4) is 0 Å². The number of Topliss-reactive ketones (excluding diaryl/α,β-unsaturated/α-hetero) is 1. The van der Waals surface area contributed by atoms with Crippen LogP contribution < -0.4 is 10.6 Å². The number of methoxy groups -OCH3 is 1. The molecule has 1 aromatic carbocycles. The molecule has 1 saturated heterocycles. The van der Waals surface area contributed by atoms with Crippen molar-refractivity contribution >= 4 is 17.5 Å². The first-order chi connectivity index (χ1) is 20.0. The molecule has 0 aliphatic carbocycles. The van der Waals surface area contributed by atoms with Crippen molar-refractivity contribution in [3.05, 3.63) is 53.0 Å². The highest BCUT2D eigenvalue weighted by molar-refractivity contribution is 6.00. The number of carbonyl (C=O) groups is 2. The highest BCUT2D eigenvalue weighted by Crippen LogP contribution is 2.28. The number of hydrogen-bond donors (Lipinski definition) is 2. The number of nitrogens with zero attached hydrogens (tertiary/aromatic N) is 3. The van der Waals surface area contributed by atoms with Gasteiger partial charge in [-0.1, -0.05) is 72.2 Å². The normalized spacial score (nSPS) is 18.6. The fourth-order valence-electron chi connectivity index (χ4n) is 5.19. The number of ketones is 1. The quantitative estimate of drug-likeness (QED) is 0.277. The van der Waals surface area contributed by atoms with Crippen molar-refractivity contribution < 1.29 is 14.3 Å². The van der Waals surface area contributed by atoms with Gasteiger partial charge in [0.2, 0.25) is 5.91 Å². The topological polar surface area (TPSA) is 96.5 Å². The number of fused-ring (bicyclic) bond motifs is 1. The van der Waals surface area contributed by atoms with Crippen LogP contribution in [0.5, 0.6) is 0 Å². The average molecular weight is 580 g/mol. The molecule has 0 radical (unpaired) electrons. The van der Waals surface area contributed by atoms with Crippen LogP contribution in [0.4, 0.5) is 5.82 Å². The molecule has 8 nitrogen and oxygen atoms in total. The maximum absolute atomic E-state index is 13.4. The summed E-state index contributed by atoms with van der Waals surface area (Å²) in [7, 11) is 1.68. The fourth-order valence-corrected chi connectivity index (χ4v) is 5.19. The van der Waals surface area contributed by atoms with E-state index in [1.54, 1.807) is 13.3 Å². The van der Waals surface area contributed by atoms with Crippen molar-refractivity contribution in [2.75, 3.05) is 45.2 Å². The lowest BCUT2D eigenvalue weighted by Crippen LogP contribution is -2.47. The minimum atomic E-state index is -0.222. The van der Waals surface area contributed by atoms with Crippen molar-refractivity contribution in [1.29, 1.82) is 0 Å². The minimum absolute atomic E-state index is 0.0153. The molecule has 2 N–H and O–H groups in total. The number of rotatable bonds is 10. The number of hydrogen-bond acceptors (Lipinski definition) is 7. The summed E-state index contributed by atoms with van der Waals surface area (Å²) in [6.07, 6.45) is 5.77. The maximum atomic E-state index is 13.4. The summed E-state index contributed by atoms with van der Waals surface area (Å²) in [6.45, 7) is 16.9. The lowest BCUT2D eigenvalue weighted by molar-refractivity contribution is -0.137. The van der Waals surface area contributed by atoms with Gasteiger partial charge in [-0.15, -0.1) is 0 Å².